The summed E-state index contributed by atoms with van der Waals surface area (Å²) >= 11 is 0. The fraction of sp³-hybridized carbons (Fsp3) is 0.409. The summed E-state index contributed by atoms with van der Waals surface area (Å²) in [5, 5.41) is 8.86. The average molecular weight is 378 g/mol. The largest absolute Gasteiger partial charge is 0.496 e. The molecule has 0 radical (unpaired) electrons. The Morgan fingerprint density at radius 1 is 1.07 bits per heavy atom. The van der Waals surface area contributed by atoms with E-state index in [-0.39, 0.29) is 5.91 Å². The second kappa shape index (κ2) is 8.42. The summed E-state index contributed by atoms with van der Waals surface area (Å²) < 4.78 is 5.33. The van der Waals surface area contributed by atoms with E-state index in [2.05, 4.69) is 21.2 Å². The molecular formula is C22H26N4O2. The first-order valence-electron chi connectivity index (χ1n) is 9.95. The van der Waals surface area contributed by atoms with Gasteiger partial charge in [-0.1, -0.05) is 18.2 Å². The normalized spacial score (nSPS) is 16.9. The second-order valence-corrected chi connectivity index (χ2v) is 7.27. The molecule has 1 aliphatic carbocycles. The molecule has 0 spiro atoms. The minimum Gasteiger partial charge on any atom is -0.496 e. The minimum absolute atomic E-state index is 0.0297. The van der Waals surface area contributed by atoms with Crippen LogP contribution in [0.4, 0.5) is 5.82 Å². The molecule has 2 heterocycles. The van der Waals surface area contributed by atoms with Crippen molar-refractivity contribution in [1.82, 2.24) is 15.1 Å². The number of fused-ring (bicyclic) bond motifs is 1. The molecule has 1 aliphatic heterocycles. The summed E-state index contributed by atoms with van der Waals surface area (Å²) in [6, 6.07) is 9.88. The zero-order chi connectivity index (χ0) is 19.3. The zero-order valence-corrected chi connectivity index (χ0v) is 16.3. The molecule has 6 nitrogen and oxygen atoms in total. The molecule has 6 heteroatoms. The van der Waals surface area contributed by atoms with Crippen LogP contribution in [0.15, 0.2) is 36.4 Å². The molecule has 1 amide bonds. The Labute approximate surface area is 165 Å². The lowest BCUT2D eigenvalue weighted by molar-refractivity contribution is -0.126. The van der Waals surface area contributed by atoms with Crippen molar-refractivity contribution in [3.05, 3.63) is 53.2 Å². The second-order valence-electron chi connectivity index (χ2n) is 7.27. The summed E-state index contributed by atoms with van der Waals surface area (Å²) in [5.74, 6) is 1.74. The van der Waals surface area contributed by atoms with Crippen molar-refractivity contribution in [1.29, 1.82) is 0 Å². The monoisotopic (exact) mass is 378 g/mol. The van der Waals surface area contributed by atoms with Crippen LogP contribution in [0.25, 0.3) is 6.08 Å². The van der Waals surface area contributed by atoms with E-state index in [1.807, 2.05) is 35.2 Å². The summed E-state index contributed by atoms with van der Waals surface area (Å²) in [6.45, 7) is 2.94. The van der Waals surface area contributed by atoms with Crippen molar-refractivity contribution >= 4 is 17.8 Å². The highest BCUT2D eigenvalue weighted by Crippen LogP contribution is 2.23. The Bertz CT molecular complexity index is 873. The number of benzene rings is 1. The number of para-hydroxylation sites is 1. The summed E-state index contributed by atoms with van der Waals surface area (Å²) in [4.78, 5) is 16.7. The summed E-state index contributed by atoms with van der Waals surface area (Å²) in [5.41, 5.74) is 3.40. The number of hydrogen-bond acceptors (Lipinski definition) is 5. The third-order valence-corrected chi connectivity index (χ3v) is 5.52. The number of anilines is 1. The van der Waals surface area contributed by atoms with E-state index in [0.29, 0.717) is 13.1 Å². The first-order valence-corrected chi connectivity index (χ1v) is 9.95. The van der Waals surface area contributed by atoms with Gasteiger partial charge in [0, 0.05) is 37.8 Å². The van der Waals surface area contributed by atoms with Crippen LogP contribution in [-0.4, -0.2) is 54.3 Å². The molecule has 0 saturated carbocycles. The third-order valence-electron chi connectivity index (χ3n) is 5.52. The van der Waals surface area contributed by atoms with E-state index in [4.69, 9.17) is 4.74 Å². The van der Waals surface area contributed by atoms with Gasteiger partial charge in [-0.2, -0.15) is 5.10 Å². The Morgan fingerprint density at radius 2 is 1.86 bits per heavy atom. The number of aromatic nitrogens is 2. The van der Waals surface area contributed by atoms with Gasteiger partial charge in [0.05, 0.1) is 12.8 Å². The molecule has 0 atom stereocenters. The van der Waals surface area contributed by atoms with Crippen LogP contribution in [0, 0.1) is 0 Å². The van der Waals surface area contributed by atoms with Crippen LogP contribution < -0.4 is 9.64 Å². The maximum absolute atomic E-state index is 12.6. The quantitative estimate of drug-likeness (QED) is 0.766. The topological polar surface area (TPSA) is 58.6 Å². The van der Waals surface area contributed by atoms with Gasteiger partial charge in [-0.15, -0.1) is 5.10 Å². The highest BCUT2D eigenvalue weighted by molar-refractivity contribution is 5.92. The lowest BCUT2D eigenvalue weighted by Crippen LogP contribution is -2.48. The van der Waals surface area contributed by atoms with E-state index in [1.54, 1.807) is 13.2 Å². The molecule has 0 unspecified atom stereocenters. The fourth-order valence-electron chi connectivity index (χ4n) is 3.86. The Kier molecular flexibility index (Phi) is 5.55. The van der Waals surface area contributed by atoms with E-state index in [0.717, 1.165) is 48.8 Å². The smallest absolute Gasteiger partial charge is 0.246 e. The van der Waals surface area contributed by atoms with E-state index in [1.165, 1.54) is 18.4 Å². The van der Waals surface area contributed by atoms with Gasteiger partial charge in [-0.3, -0.25) is 4.79 Å². The van der Waals surface area contributed by atoms with E-state index >= 15 is 0 Å². The molecule has 0 N–H and O–H groups in total. The number of hydrogen-bond donors (Lipinski definition) is 0. The number of aryl methyl sites for hydroxylation is 2. The average Bonchev–Trinajstić information content (AvgIpc) is 2.77. The van der Waals surface area contributed by atoms with Gasteiger partial charge >= 0.3 is 0 Å². The molecule has 4 rings (SSSR count). The van der Waals surface area contributed by atoms with Gasteiger partial charge in [0.1, 0.15) is 5.75 Å². The van der Waals surface area contributed by atoms with Crippen LogP contribution in [0.3, 0.4) is 0 Å². The molecule has 1 aromatic carbocycles. The number of amides is 1. The van der Waals surface area contributed by atoms with Crippen LogP contribution in [0.5, 0.6) is 5.75 Å². The fourth-order valence-corrected chi connectivity index (χ4v) is 3.86. The predicted molar refractivity (Wildman–Crippen MR) is 109 cm³/mol. The SMILES string of the molecule is COc1ccccc1C=CC(=O)N1CCN(c2cc3c(nn2)CCCC3)CC1. The van der Waals surface area contributed by atoms with Gasteiger partial charge in [-0.25, -0.2) is 0 Å². The molecule has 1 saturated heterocycles. The van der Waals surface area contributed by atoms with Gasteiger partial charge in [0.2, 0.25) is 5.91 Å². The number of methoxy groups -OCH3 is 1. The van der Waals surface area contributed by atoms with Crippen LogP contribution in [-0.2, 0) is 17.6 Å². The van der Waals surface area contributed by atoms with Crippen molar-refractivity contribution in [3.63, 3.8) is 0 Å². The first-order chi connectivity index (χ1) is 13.7. The zero-order valence-electron chi connectivity index (χ0n) is 16.3. The van der Waals surface area contributed by atoms with Gasteiger partial charge in [0.15, 0.2) is 5.82 Å². The number of rotatable bonds is 4. The highest BCUT2D eigenvalue weighted by Gasteiger charge is 2.22. The van der Waals surface area contributed by atoms with Crippen LogP contribution in [0.2, 0.25) is 0 Å². The van der Waals surface area contributed by atoms with Gasteiger partial charge < -0.3 is 14.5 Å². The van der Waals surface area contributed by atoms with E-state index < -0.39 is 0 Å². The molecule has 1 aromatic heterocycles. The molecule has 1 fully saturated rings. The van der Waals surface area contributed by atoms with Crippen molar-refractivity contribution in [3.8, 4) is 5.75 Å². The number of nitrogens with zero attached hydrogens (tertiary/aromatic N) is 4. The Hall–Kier alpha value is -2.89. The maximum atomic E-state index is 12.6. The standard InChI is InChI=1S/C22H26N4O2/c1-28-20-9-5-3-6-17(20)10-11-22(27)26-14-12-25(13-15-26)21-16-18-7-2-4-8-19(18)23-24-21/h3,5-6,9-11,16H,2,4,7-8,12-15H2,1H3. The summed E-state index contributed by atoms with van der Waals surface area (Å²) in [6.07, 6.45) is 8.05. The molecule has 0 bridgehead atoms. The van der Waals surface area contributed by atoms with Crippen LogP contribution in [0.1, 0.15) is 29.7 Å². The van der Waals surface area contributed by atoms with Crippen molar-refractivity contribution < 1.29 is 9.53 Å². The van der Waals surface area contributed by atoms with Gasteiger partial charge in [0.25, 0.3) is 0 Å². The molecule has 2 aliphatic rings. The predicted octanol–water partition coefficient (Wildman–Crippen LogP) is 2.73. The molecule has 2 aromatic rings. The Morgan fingerprint density at radius 3 is 2.68 bits per heavy atom. The number of piperazine rings is 1. The highest BCUT2D eigenvalue weighted by atomic mass is 16.5. The number of carbonyl (C=O) groups excluding carboxylic acids is 1. The van der Waals surface area contributed by atoms with Crippen molar-refractivity contribution in [2.45, 2.75) is 25.7 Å². The van der Waals surface area contributed by atoms with Crippen molar-refractivity contribution in [2.24, 2.45) is 0 Å². The van der Waals surface area contributed by atoms with Crippen molar-refractivity contribution in [2.75, 3.05) is 38.2 Å². The lowest BCUT2D eigenvalue weighted by atomic mass is 9.97. The number of ether oxygens (including phenoxy) is 1. The lowest BCUT2D eigenvalue weighted by Gasteiger charge is -2.35. The third kappa shape index (κ3) is 4.01. The molecule has 146 valence electrons. The molecule has 28 heavy (non-hydrogen) atoms. The maximum Gasteiger partial charge on any atom is 0.246 e. The Balaban J connectivity index is 1.36. The first kappa shape index (κ1) is 18.5. The summed E-state index contributed by atoms with van der Waals surface area (Å²) in [7, 11) is 1.64. The molecular weight excluding hydrogens is 352 g/mol. The number of carbonyl (C=O) groups is 1. The minimum atomic E-state index is 0.0297. The van der Waals surface area contributed by atoms with E-state index in [9.17, 15) is 4.79 Å². The van der Waals surface area contributed by atoms with Crippen LogP contribution >= 0.6 is 0 Å². The van der Waals surface area contributed by atoms with Gasteiger partial charge in [-0.05, 0) is 49.5 Å².